The third-order valence-corrected chi connectivity index (χ3v) is 6.46. The first kappa shape index (κ1) is 17.7. The largest absolute Gasteiger partial charge is 0.338 e. The van der Waals surface area contributed by atoms with E-state index < -0.39 is 0 Å². The molecule has 2 atom stereocenters. The number of fused-ring (bicyclic) bond motifs is 2. The summed E-state index contributed by atoms with van der Waals surface area (Å²) in [5, 5.41) is 4.75. The molecule has 0 bridgehead atoms. The van der Waals surface area contributed by atoms with Crippen molar-refractivity contribution in [2.45, 2.75) is 19.0 Å². The number of carbonyl (C=O) groups excluding carboxylic acids is 1. The molecule has 0 aliphatic carbocycles. The molecule has 6 nitrogen and oxygen atoms in total. The molecule has 4 heterocycles. The molecule has 2 saturated heterocycles. The summed E-state index contributed by atoms with van der Waals surface area (Å²) < 4.78 is 17.7. The van der Waals surface area contributed by atoms with E-state index in [1.54, 1.807) is 22.8 Å². The van der Waals surface area contributed by atoms with Crippen LogP contribution in [0.4, 0.5) is 4.39 Å². The van der Waals surface area contributed by atoms with Crippen LogP contribution in [-0.2, 0) is 13.6 Å². The molecule has 0 N–H and O–H groups in total. The minimum Gasteiger partial charge on any atom is -0.338 e. The number of hydrogen-bond acceptors (Lipinski definition) is 3. The Morgan fingerprint density at radius 2 is 2.18 bits per heavy atom. The Balaban J connectivity index is 1.27. The van der Waals surface area contributed by atoms with Gasteiger partial charge in [-0.2, -0.15) is 5.10 Å². The predicted molar refractivity (Wildman–Crippen MR) is 104 cm³/mol. The molecule has 3 aromatic rings. The average Bonchev–Trinajstić information content (AvgIpc) is 3.24. The van der Waals surface area contributed by atoms with Crippen LogP contribution >= 0.6 is 11.6 Å². The van der Waals surface area contributed by atoms with Crippen LogP contribution < -0.4 is 0 Å². The SMILES string of the molecule is Cn1ccn2ncc(C(=O)N3CC[C@H]4[C@@H](C3)CN4Cc3c(F)cccc3Cl)c12. The number of hydrogen-bond donors (Lipinski definition) is 0. The van der Waals surface area contributed by atoms with Gasteiger partial charge in [-0.25, -0.2) is 8.91 Å². The summed E-state index contributed by atoms with van der Waals surface area (Å²) in [4.78, 5) is 17.2. The number of imidazole rings is 1. The van der Waals surface area contributed by atoms with Crippen molar-refractivity contribution in [3.05, 3.63) is 58.8 Å². The van der Waals surface area contributed by atoms with Gasteiger partial charge in [0.1, 0.15) is 17.0 Å². The van der Waals surface area contributed by atoms with Crippen molar-refractivity contribution in [3.8, 4) is 0 Å². The van der Waals surface area contributed by atoms with Gasteiger partial charge in [0.25, 0.3) is 5.91 Å². The van der Waals surface area contributed by atoms with Gasteiger partial charge in [-0.1, -0.05) is 17.7 Å². The summed E-state index contributed by atoms with van der Waals surface area (Å²) >= 11 is 6.17. The summed E-state index contributed by atoms with van der Waals surface area (Å²) in [5.41, 5.74) is 2.02. The zero-order valence-corrected chi connectivity index (χ0v) is 16.3. The smallest absolute Gasteiger partial charge is 0.259 e. The lowest BCUT2D eigenvalue weighted by Gasteiger charge is -2.53. The minimum atomic E-state index is -0.253. The maximum absolute atomic E-state index is 14.1. The highest BCUT2D eigenvalue weighted by molar-refractivity contribution is 6.31. The second-order valence-electron chi connectivity index (χ2n) is 7.73. The molecular formula is C20H21ClFN5O. The van der Waals surface area contributed by atoms with Gasteiger partial charge < -0.3 is 9.47 Å². The lowest BCUT2D eigenvalue weighted by atomic mass is 9.82. The Labute approximate surface area is 167 Å². The molecule has 2 fully saturated rings. The first-order valence-electron chi connectivity index (χ1n) is 9.48. The molecule has 0 spiro atoms. The third-order valence-electron chi connectivity index (χ3n) is 6.11. The molecule has 2 aromatic heterocycles. The Bertz CT molecular complexity index is 1040. The van der Waals surface area contributed by atoms with Crippen molar-refractivity contribution >= 4 is 23.2 Å². The summed E-state index contributed by atoms with van der Waals surface area (Å²) in [6.07, 6.45) is 6.27. The normalized spacial score (nSPS) is 22.3. The topological polar surface area (TPSA) is 45.8 Å². The zero-order chi connectivity index (χ0) is 19.4. The van der Waals surface area contributed by atoms with Gasteiger partial charge in [-0.05, 0) is 18.6 Å². The van der Waals surface area contributed by atoms with Crippen LogP contribution in [0.15, 0.2) is 36.8 Å². The molecule has 8 heteroatoms. The lowest BCUT2D eigenvalue weighted by Crippen LogP contribution is -2.63. The summed E-state index contributed by atoms with van der Waals surface area (Å²) in [5.74, 6) is 0.199. The fourth-order valence-corrected chi connectivity index (χ4v) is 4.83. The lowest BCUT2D eigenvalue weighted by molar-refractivity contribution is -0.0426. The number of nitrogens with zero attached hydrogens (tertiary/aromatic N) is 5. The molecule has 5 rings (SSSR count). The van der Waals surface area contributed by atoms with Gasteiger partial charge in [-0.3, -0.25) is 9.69 Å². The van der Waals surface area contributed by atoms with Crippen molar-refractivity contribution in [3.63, 3.8) is 0 Å². The van der Waals surface area contributed by atoms with Gasteiger partial charge in [-0.15, -0.1) is 0 Å². The van der Waals surface area contributed by atoms with Gasteiger partial charge in [0, 0.05) is 68.2 Å². The van der Waals surface area contributed by atoms with Gasteiger partial charge in [0.2, 0.25) is 0 Å². The second kappa shape index (κ2) is 6.60. The summed E-state index contributed by atoms with van der Waals surface area (Å²) in [6, 6.07) is 5.19. The quantitative estimate of drug-likeness (QED) is 0.678. The van der Waals surface area contributed by atoms with Crippen molar-refractivity contribution < 1.29 is 9.18 Å². The highest BCUT2D eigenvalue weighted by Crippen LogP contribution is 2.35. The number of aromatic nitrogens is 3. The van der Waals surface area contributed by atoms with Gasteiger partial charge >= 0.3 is 0 Å². The monoisotopic (exact) mass is 401 g/mol. The number of halogens is 2. The number of aryl methyl sites for hydroxylation is 1. The second-order valence-corrected chi connectivity index (χ2v) is 8.14. The van der Waals surface area contributed by atoms with E-state index >= 15 is 0 Å². The number of amides is 1. The van der Waals surface area contributed by atoms with Crippen LogP contribution in [0.5, 0.6) is 0 Å². The van der Waals surface area contributed by atoms with Crippen LogP contribution in [0.2, 0.25) is 5.02 Å². The van der Waals surface area contributed by atoms with Crippen LogP contribution in [0.1, 0.15) is 22.3 Å². The molecular weight excluding hydrogens is 381 g/mol. The first-order valence-corrected chi connectivity index (χ1v) is 9.85. The maximum Gasteiger partial charge on any atom is 0.259 e. The van der Waals surface area contributed by atoms with Crippen LogP contribution in [0.25, 0.3) is 5.65 Å². The standard InChI is InChI=1S/C20H21ClFN5O/c1-24-7-8-27-19(24)14(9-23-27)20(28)25-6-5-18-13(10-25)11-26(18)12-15-16(21)3-2-4-17(15)22/h2-4,7-9,13,18H,5-6,10-12H2,1H3/t13-,18-/m0/s1. The molecule has 2 aliphatic rings. The first-order chi connectivity index (χ1) is 13.5. The molecule has 0 radical (unpaired) electrons. The minimum absolute atomic E-state index is 0.0332. The van der Waals surface area contributed by atoms with E-state index in [0.29, 0.717) is 41.2 Å². The van der Waals surface area contributed by atoms with Crippen LogP contribution in [-0.4, -0.2) is 55.6 Å². The van der Waals surface area contributed by atoms with Crippen LogP contribution in [0.3, 0.4) is 0 Å². The maximum atomic E-state index is 14.1. The van der Waals surface area contributed by atoms with E-state index in [4.69, 9.17) is 11.6 Å². The molecule has 0 saturated carbocycles. The highest BCUT2D eigenvalue weighted by Gasteiger charge is 2.44. The zero-order valence-electron chi connectivity index (χ0n) is 15.6. The highest BCUT2D eigenvalue weighted by atomic mass is 35.5. The van der Waals surface area contributed by atoms with E-state index in [2.05, 4.69) is 10.00 Å². The molecule has 146 valence electrons. The Morgan fingerprint density at radius 3 is 2.96 bits per heavy atom. The van der Waals surface area contributed by atoms with E-state index in [0.717, 1.165) is 25.2 Å². The summed E-state index contributed by atoms with van der Waals surface area (Å²) in [6.45, 7) is 2.80. The number of benzene rings is 1. The third kappa shape index (κ3) is 2.72. The van der Waals surface area contributed by atoms with E-state index in [-0.39, 0.29) is 11.7 Å². The fourth-order valence-electron chi connectivity index (χ4n) is 4.60. The fraction of sp³-hybridized carbons (Fsp3) is 0.400. The van der Waals surface area contributed by atoms with Crippen molar-refractivity contribution in [2.24, 2.45) is 13.0 Å². The molecule has 0 unspecified atom stereocenters. The number of likely N-dealkylation sites (tertiary alicyclic amines) is 2. The number of carbonyl (C=O) groups is 1. The number of rotatable bonds is 3. The molecule has 2 aliphatic heterocycles. The Hall–Kier alpha value is -2.38. The van der Waals surface area contributed by atoms with Crippen molar-refractivity contribution in [1.82, 2.24) is 24.0 Å². The molecule has 1 aromatic carbocycles. The van der Waals surface area contributed by atoms with E-state index in [1.807, 2.05) is 28.9 Å². The van der Waals surface area contributed by atoms with Crippen molar-refractivity contribution in [2.75, 3.05) is 19.6 Å². The van der Waals surface area contributed by atoms with Gasteiger partial charge in [0.15, 0.2) is 0 Å². The Kier molecular flexibility index (Phi) is 4.17. The average molecular weight is 402 g/mol. The molecule has 1 amide bonds. The van der Waals surface area contributed by atoms with E-state index in [9.17, 15) is 9.18 Å². The predicted octanol–water partition coefficient (Wildman–Crippen LogP) is 2.81. The Morgan fingerprint density at radius 1 is 1.32 bits per heavy atom. The van der Waals surface area contributed by atoms with E-state index in [1.165, 1.54) is 6.07 Å². The van der Waals surface area contributed by atoms with Crippen molar-refractivity contribution in [1.29, 1.82) is 0 Å². The summed E-state index contributed by atoms with van der Waals surface area (Å²) in [7, 11) is 1.91. The van der Waals surface area contributed by atoms with Gasteiger partial charge in [0.05, 0.1) is 6.20 Å². The molecule has 28 heavy (non-hydrogen) atoms. The number of piperidine rings is 1. The van der Waals surface area contributed by atoms with Crippen LogP contribution in [0, 0.1) is 11.7 Å².